The Bertz CT molecular complexity index is 1500. The third-order valence-corrected chi connectivity index (χ3v) is 5.98. The summed E-state index contributed by atoms with van der Waals surface area (Å²) in [5.74, 6) is 6.49. The second-order valence-corrected chi connectivity index (χ2v) is 8.67. The number of nitrogens with one attached hydrogen (secondary N) is 1. The molecule has 1 aliphatic rings. The predicted octanol–water partition coefficient (Wildman–Crippen LogP) is 2.78. The summed E-state index contributed by atoms with van der Waals surface area (Å²) in [6.45, 7) is 4.70. The van der Waals surface area contributed by atoms with E-state index in [4.69, 9.17) is 5.10 Å². The topological polar surface area (TPSA) is 95.7 Å². The molecule has 0 aliphatic carbocycles. The molecule has 4 aromatic rings. The molecule has 0 atom stereocenters. The third-order valence-electron chi connectivity index (χ3n) is 5.98. The number of imidazole rings is 1. The number of amides is 2. The van der Waals surface area contributed by atoms with Gasteiger partial charge in [0, 0.05) is 57.4 Å². The molecular weight excluding hydrogens is 454 g/mol. The number of piperazine rings is 1. The minimum atomic E-state index is -0.192. The van der Waals surface area contributed by atoms with Crippen LogP contribution < -0.4 is 5.32 Å². The molecule has 0 spiro atoms. The first kappa shape index (κ1) is 23.2. The Morgan fingerprint density at radius 2 is 1.75 bits per heavy atom. The second kappa shape index (κ2) is 9.98. The first-order chi connectivity index (χ1) is 17.5. The summed E-state index contributed by atoms with van der Waals surface area (Å²) >= 11 is 0. The van der Waals surface area contributed by atoms with Gasteiger partial charge in [-0.05, 0) is 49.4 Å². The van der Waals surface area contributed by atoms with Crippen LogP contribution in [0.25, 0.3) is 16.9 Å². The van der Waals surface area contributed by atoms with Crippen molar-refractivity contribution in [1.29, 1.82) is 0 Å². The highest BCUT2D eigenvalue weighted by Crippen LogP contribution is 2.20. The van der Waals surface area contributed by atoms with Crippen molar-refractivity contribution in [2.75, 3.05) is 38.5 Å². The zero-order valence-corrected chi connectivity index (χ0v) is 20.1. The van der Waals surface area contributed by atoms with Crippen molar-refractivity contribution in [2.45, 2.75) is 6.92 Å². The maximum Gasteiger partial charge on any atom is 0.253 e. The highest BCUT2D eigenvalue weighted by Gasteiger charge is 2.20. The summed E-state index contributed by atoms with van der Waals surface area (Å²) < 4.78 is 1.70. The SMILES string of the molecule is CC(=O)Nc1cc(C#Cc2cnc3ccc(-c4ccc(C(=O)N5CCN(C)CC5)cc4)nn23)ccn1.[HH]. The number of carbonyl (C=O) groups excluding carboxylic acids is 2. The van der Waals surface area contributed by atoms with Gasteiger partial charge in [0.05, 0.1) is 11.9 Å². The van der Waals surface area contributed by atoms with Gasteiger partial charge in [0.15, 0.2) is 5.65 Å². The van der Waals surface area contributed by atoms with E-state index in [1.54, 1.807) is 29.0 Å². The van der Waals surface area contributed by atoms with Gasteiger partial charge in [-0.2, -0.15) is 5.10 Å². The molecular formula is C27H27N7O2. The van der Waals surface area contributed by atoms with E-state index < -0.39 is 0 Å². The molecule has 1 aromatic carbocycles. The molecule has 9 nitrogen and oxygen atoms in total. The minimum absolute atomic E-state index is 0. The van der Waals surface area contributed by atoms with E-state index in [1.165, 1.54) is 6.92 Å². The molecule has 4 heterocycles. The maximum atomic E-state index is 12.8. The van der Waals surface area contributed by atoms with Gasteiger partial charge in [-0.1, -0.05) is 18.1 Å². The maximum absolute atomic E-state index is 12.8. The van der Waals surface area contributed by atoms with Crippen LogP contribution in [0.15, 0.2) is 60.9 Å². The first-order valence-corrected chi connectivity index (χ1v) is 11.6. The van der Waals surface area contributed by atoms with Gasteiger partial charge in [0.25, 0.3) is 5.91 Å². The third kappa shape index (κ3) is 5.09. The van der Waals surface area contributed by atoms with E-state index in [9.17, 15) is 9.59 Å². The van der Waals surface area contributed by atoms with Crippen LogP contribution in [0.5, 0.6) is 0 Å². The molecule has 3 aromatic heterocycles. The molecule has 1 fully saturated rings. The number of pyridine rings is 1. The second-order valence-electron chi connectivity index (χ2n) is 8.67. The molecule has 182 valence electrons. The molecule has 9 heteroatoms. The molecule has 2 amide bonds. The molecule has 5 rings (SSSR count). The largest absolute Gasteiger partial charge is 0.336 e. The van der Waals surface area contributed by atoms with Crippen molar-refractivity contribution in [3.05, 3.63) is 77.7 Å². The summed E-state index contributed by atoms with van der Waals surface area (Å²) in [6.07, 6.45) is 3.27. The summed E-state index contributed by atoms with van der Waals surface area (Å²) in [5, 5.41) is 7.38. The number of fused-ring (bicyclic) bond motifs is 1. The number of hydrogen-bond acceptors (Lipinski definition) is 6. The van der Waals surface area contributed by atoms with Gasteiger partial charge < -0.3 is 15.1 Å². The Balaban J connectivity index is 0.00000320. The van der Waals surface area contributed by atoms with Gasteiger partial charge in [-0.3, -0.25) is 9.59 Å². The van der Waals surface area contributed by atoms with Gasteiger partial charge in [0.2, 0.25) is 5.91 Å². The van der Waals surface area contributed by atoms with Crippen LogP contribution in [-0.2, 0) is 4.79 Å². The van der Waals surface area contributed by atoms with E-state index >= 15 is 0 Å². The van der Waals surface area contributed by atoms with Crippen LogP contribution in [0, 0.1) is 11.8 Å². The Morgan fingerprint density at radius 3 is 2.50 bits per heavy atom. The lowest BCUT2D eigenvalue weighted by molar-refractivity contribution is -0.114. The number of benzene rings is 1. The average Bonchev–Trinajstić information content (AvgIpc) is 3.30. The van der Waals surface area contributed by atoms with Crippen molar-refractivity contribution in [2.24, 2.45) is 0 Å². The Hall–Kier alpha value is -4.55. The van der Waals surface area contributed by atoms with Gasteiger partial charge in [0.1, 0.15) is 11.5 Å². The number of rotatable bonds is 3. The highest BCUT2D eigenvalue weighted by atomic mass is 16.2. The lowest BCUT2D eigenvalue weighted by Crippen LogP contribution is -2.47. The number of anilines is 1. The summed E-state index contributed by atoms with van der Waals surface area (Å²) in [7, 11) is 2.07. The van der Waals surface area contributed by atoms with Crippen molar-refractivity contribution < 1.29 is 11.0 Å². The monoisotopic (exact) mass is 481 g/mol. The number of nitrogens with zero attached hydrogens (tertiary/aromatic N) is 6. The Labute approximate surface area is 210 Å². The predicted molar refractivity (Wildman–Crippen MR) is 138 cm³/mol. The lowest BCUT2D eigenvalue weighted by Gasteiger charge is -2.32. The van der Waals surface area contributed by atoms with Crippen LogP contribution in [0.4, 0.5) is 5.82 Å². The number of hydrogen-bond donors (Lipinski definition) is 1. The van der Waals surface area contributed by atoms with Gasteiger partial charge in [-0.25, -0.2) is 14.5 Å². The van der Waals surface area contributed by atoms with Crippen LogP contribution in [-0.4, -0.2) is 74.4 Å². The van der Waals surface area contributed by atoms with E-state index in [0.29, 0.717) is 28.3 Å². The van der Waals surface area contributed by atoms with E-state index in [2.05, 4.69) is 39.1 Å². The molecule has 1 aliphatic heterocycles. The van der Waals surface area contributed by atoms with Gasteiger partial charge >= 0.3 is 0 Å². The zero-order chi connectivity index (χ0) is 25.1. The highest BCUT2D eigenvalue weighted by molar-refractivity contribution is 5.94. The average molecular weight is 482 g/mol. The summed E-state index contributed by atoms with van der Waals surface area (Å²) in [4.78, 5) is 36.7. The standard InChI is InChI=1S/C27H25N7O2.H2/c1-19(35)30-25-17-20(11-12-28-25)3-8-23-18-29-26-10-9-24(31-34(23)26)21-4-6-22(7-5-21)27(36)33-15-13-32(2)14-16-33;/h4-7,9-12,17-18H,13-16H2,1-2H3,(H,28,30,35);1H. The smallest absolute Gasteiger partial charge is 0.253 e. The molecule has 0 bridgehead atoms. The minimum Gasteiger partial charge on any atom is -0.336 e. The van der Waals surface area contributed by atoms with Crippen LogP contribution in [0.1, 0.15) is 30.0 Å². The number of likely N-dealkylation sites (N-methyl/N-ethyl adjacent to an activating group) is 1. The summed E-state index contributed by atoms with van der Waals surface area (Å²) in [5.41, 5.74) is 4.34. The van der Waals surface area contributed by atoms with E-state index in [0.717, 1.165) is 37.4 Å². The normalized spacial score (nSPS) is 13.8. The fraction of sp³-hybridized carbons (Fsp3) is 0.222. The fourth-order valence-electron chi connectivity index (χ4n) is 3.98. The fourth-order valence-corrected chi connectivity index (χ4v) is 3.98. The van der Waals surface area contributed by atoms with Crippen molar-refractivity contribution in [3.8, 4) is 23.1 Å². The Morgan fingerprint density at radius 1 is 0.972 bits per heavy atom. The molecule has 36 heavy (non-hydrogen) atoms. The van der Waals surface area contributed by atoms with E-state index in [-0.39, 0.29) is 13.2 Å². The molecule has 0 saturated carbocycles. The quantitative estimate of drug-likeness (QED) is 0.452. The van der Waals surface area contributed by atoms with Crippen LogP contribution >= 0.6 is 0 Å². The first-order valence-electron chi connectivity index (χ1n) is 11.6. The van der Waals surface area contributed by atoms with E-state index in [1.807, 2.05) is 41.3 Å². The molecule has 0 radical (unpaired) electrons. The van der Waals surface area contributed by atoms with Crippen LogP contribution in [0.2, 0.25) is 0 Å². The number of aromatic nitrogens is 4. The summed E-state index contributed by atoms with van der Waals surface area (Å²) in [6, 6.07) is 14.8. The number of carbonyl (C=O) groups is 2. The molecule has 1 N–H and O–H groups in total. The molecule has 0 unspecified atom stereocenters. The van der Waals surface area contributed by atoms with Crippen molar-refractivity contribution in [1.82, 2.24) is 29.4 Å². The molecule has 1 saturated heterocycles. The van der Waals surface area contributed by atoms with Crippen molar-refractivity contribution >= 4 is 23.3 Å². The van der Waals surface area contributed by atoms with Gasteiger partial charge in [-0.15, -0.1) is 0 Å². The lowest BCUT2D eigenvalue weighted by atomic mass is 10.1. The Kier molecular flexibility index (Phi) is 6.43. The van der Waals surface area contributed by atoms with Crippen LogP contribution in [0.3, 0.4) is 0 Å². The zero-order valence-electron chi connectivity index (χ0n) is 20.1. The van der Waals surface area contributed by atoms with Crippen molar-refractivity contribution in [3.63, 3.8) is 0 Å².